The maximum absolute atomic E-state index is 10.0. The third-order valence-corrected chi connectivity index (χ3v) is 1.59. The zero-order valence-electron chi connectivity index (χ0n) is 9.62. The van der Waals surface area contributed by atoms with Crippen molar-refractivity contribution in [3.8, 4) is 0 Å². The molecule has 0 heterocycles. The summed E-state index contributed by atoms with van der Waals surface area (Å²) in [7, 11) is 0. The molecule has 0 amide bonds. The molecule has 2 N–H and O–H groups in total. The number of aliphatic carboxylic acids is 2. The summed E-state index contributed by atoms with van der Waals surface area (Å²) in [6.45, 7) is 5.47. The van der Waals surface area contributed by atoms with Crippen molar-refractivity contribution in [2.75, 3.05) is 0 Å². The van der Waals surface area contributed by atoms with E-state index in [0.29, 0.717) is 12.0 Å². The van der Waals surface area contributed by atoms with Crippen molar-refractivity contribution < 1.29 is 19.8 Å². The second-order valence-corrected chi connectivity index (χ2v) is 3.10. The van der Waals surface area contributed by atoms with Crippen LogP contribution in [0.5, 0.6) is 0 Å². The molecule has 0 aromatic carbocycles. The smallest absolute Gasteiger partial charge is 0.330 e. The van der Waals surface area contributed by atoms with Gasteiger partial charge >= 0.3 is 11.9 Å². The number of allylic oxidation sites excluding steroid dienone is 1. The Morgan fingerprint density at radius 1 is 1.20 bits per heavy atom. The summed E-state index contributed by atoms with van der Waals surface area (Å²) in [5, 5.41) is 16.3. The standard InChI is InChI=1S/C6H10O2.C5H10O2/c1-3-4-5(2)6(7)8;1-2-3-4-5(6)7/h4H,3H2,1-2H3,(H,7,8);2-4H2,1H3,(H,6,7). The average Bonchev–Trinajstić information content (AvgIpc) is 2.16. The van der Waals surface area contributed by atoms with Gasteiger partial charge in [-0.1, -0.05) is 26.3 Å². The monoisotopic (exact) mass is 216 g/mol. The van der Waals surface area contributed by atoms with Crippen molar-refractivity contribution in [3.63, 3.8) is 0 Å². The molecule has 88 valence electrons. The third kappa shape index (κ3) is 15.4. The SMILES string of the molecule is CCC=C(C)C(=O)O.CCCCC(=O)O. The Hall–Kier alpha value is -1.32. The van der Waals surface area contributed by atoms with Crippen molar-refractivity contribution in [1.29, 1.82) is 0 Å². The molecule has 0 rings (SSSR count). The molecular weight excluding hydrogens is 196 g/mol. The quantitative estimate of drug-likeness (QED) is 0.693. The number of hydrogen-bond acceptors (Lipinski definition) is 2. The highest BCUT2D eigenvalue weighted by molar-refractivity contribution is 5.85. The lowest BCUT2D eigenvalue weighted by Gasteiger charge is -1.87. The first-order chi connectivity index (χ1) is 6.95. The number of carbonyl (C=O) groups is 2. The maximum Gasteiger partial charge on any atom is 0.330 e. The highest BCUT2D eigenvalue weighted by Gasteiger charge is 1.95. The van der Waals surface area contributed by atoms with Crippen LogP contribution in [0.1, 0.15) is 46.5 Å². The maximum atomic E-state index is 10.0. The van der Waals surface area contributed by atoms with Gasteiger partial charge in [-0.3, -0.25) is 4.79 Å². The molecule has 0 unspecified atom stereocenters. The fourth-order valence-electron chi connectivity index (χ4n) is 0.721. The third-order valence-electron chi connectivity index (χ3n) is 1.59. The number of hydrogen-bond donors (Lipinski definition) is 2. The second-order valence-electron chi connectivity index (χ2n) is 3.10. The van der Waals surface area contributed by atoms with Crippen molar-refractivity contribution in [2.24, 2.45) is 0 Å². The summed E-state index contributed by atoms with van der Waals surface area (Å²) >= 11 is 0. The van der Waals surface area contributed by atoms with Gasteiger partial charge in [0.1, 0.15) is 0 Å². The predicted molar refractivity (Wildman–Crippen MR) is 58.8 cm³/mol. The summed E-state index contributed by atoms with van der Waals surface area (Å²) in [6, 6.07) is 0. The number of unbranched alkanes of at least 4 members (excludes halogenated alkanes) is 1. The van der Waals surface area contributed by atoms with E-state index in [0.717, 1.165) is 19.3 Å². The van der Waals surface area contributed by atoms with Gasteiger partial charge in [-0.2, -0.15) is 0 Å². The molecule has 4 nitrogen and oxygen atoms in total. The van der Waals surface area contributed by atoms with E-state index >= 15 is 0 Å². The molecule has 0 aliphatic heterocycles. The molecule has 0 spiro atoms. The van der Waals surface area contributed by atoms with Crippen LogP contribution in [0.15, 0.2) is 11.6 Å². The molecule has 0 aromatic heterocycles. The lowest BCUT2D eigenvalue weighted by molar-refractivity contribution is -0.137. The van der Waals surface area contributed by atoms with Crippen LogP contribution < -0.4 is 0 Å². The Balaban J connectivity index is 0. The fraction of sp³-hybridized carbons (Fsp3) is 0.636. The highest BCUT2D eigenvalue weighted by Crippen LogP contribution is 1.92. The van der Waals surface area contributed by atoms with Crippen LogP contribution in [0.2, 0.25) is 0 Å². The zero-order chi connectivity index (χ0) is 12.3. The number of carboxylic acid groups (broad SMARTS) is 2. The summed E-state index contributed by atoms with van der Waals surface area (Å²) in [6.07, 6.45) is 4.55. The van der Waals surface area contributed by atoms with E-state index in [4.69, 9.17) is 10.2 Å². The molecule has 0 fully saturated rings. The van der Waals surface area contributed by atoms with Gasteiger partial charge in [0, 0.05) is 12.0 Å². The normalized spacial score (nSPS) is 10.2. The molecule has 15 heavy (non-hydrogen) atoms. The molecule has 4 heteroatoms. The van der Waals surface area contributed by atoms with Gasteiger partial charge in [0.05, 0.1) is 0 Å². The van der Waals surface area contributed by atoms with Crippen molar-refractivity contribution in [2.45, 2.75) is 46.5 Å². The minimum absolute atomic E-state index is 0.316. The van der Waals surface area contributed by atoms with Crippen LogP contribution in [0, 0.1) is 0 Å². The number of rotatable bonds is 5. The van der Waals surface area contributed by atoms with Crippen molar-refractivity contribution in [1.82, 2.24) is 0 Å². The van der Waals surface area contributed by atoms with Crippen LogP contribution in [0.4, 0.5) is 0 Å². The van der Waals surface area contributed by atoms with Gasteiger partial charge < -0.3 is 10.2 Å². The van der Waals surface area contributed by atoms with Crippen LogP contribution in [-0.2, 0) is 9.59 Å². The van der Waals surface area contributed by atoms with Gasteiger partial charge in [0.2, 0.25) is 0 Å². The Bertz CT molecular complexity index is 219. The predicted octanol–water partition coefficient (Wildman–Crippen LogP) is 2.69. The van der Waals surface area contributed by atoms with E-state index in [9.17, 15) is 9.59 Å². The Kier molecular flexibility index (Phi) is 11.6. The largest absolute Gasteiger partial charge is 0.481 e. The summed E-state index contributed by atoms with van der Waals surface area (Å²) in [5.74, 6) is -1.52. The Morgan fingerprint density at radius 2 is 1.73 bits per heavy atom. The zero-order valence-corrected chi connectivity index (χ0v) is 9.62. The minimum atomic E-state index is -0.827. The number of carboxylic acids is 2. The van der Waals surface area contributed by atoms with Crippen molar-refractivity contribution in [3.05, 3.63) is 11.6 Å². The first kappa shape index (κ1) is 16.1. The Labute approximate surface area is 90.6 Å². The van der Waals surface area contributed by atoms with E-state index in [2.05, 4.69) is 0 Å². The van der Waals surface area contributed by atoms with Crippen LogP contribution in [0.3, 0.4) is 0 Å². The molecule has 0 aromatic rings. The van der Waals surface area contributed by atoms with Gasteiger partial charge in [0.25, 0.3) is 0 Å². The van der Waals surface area contributed by atoms with E-state index in [1.165, 1.54) is 0 Å². The van der Waals surface area contributed by atoms with E-state index in [-0.39, 0.29) is 0 Å². The molecule has 0 aliphatic carbocycles. The minimum Gasteiger partial charge on any atom is -0.481 e. The van der Waals surface area contributed by atoms with Crippen LogP contribution >= 0.6 is 0 Å². The highest BCUT2D eigenvalue weighted by atomic mass is 16.4. The molecular formula is C11H20O4. The van der Waals surface area contributed by atoms with E-state index in [1.807, 2.05) is 13.8 Å². The van der Waals surface area contributed by atoms with Gasteiger partial charge in [0.15, 0.2) is 0 Å². The molecule has 0 aliphatic rings. The fourth-order valence-corrected chi connectivity index (χ4v) is 0.721. The van der Waals surface area contributed by atoms with Gasteiger partial charge in [-0.15, -0.1) is 0 Å². The van der Waals surface area contributed by atoms with Gasteiger partial charge in [-0.25, -0.2) is 4.79 Å². The molecule has 0 saturated carbocycles. The molecule has 0 atom stereocenters. The average molecular weight is 216 g/mol. The lowest BCUT2D eigenvalue weighted by atomic mass is 10.2. The van der Waals surface area contributed by atoms with Gasteiger partial charge in [-0.05, 0) is 19.8 Å². The molecule has 0 bridgehead atoms. The second kappa shape index (κ2) is 10.8. The summed E-state index contributed by atoms with van der Waals surface area (Å²) in [5.41, 5.74) is 0.424. The van der Waals surface area contributed by atoms with E-state index < -0.39 is 11.9 Å². The molecule has 0 saturated heterocycles. The van der Waals surface area contributed by atoms with Crippen LogP contribution in [-0.4, -0.2) is 22.2 Å². The first-order valence-electron chi connectivity index (χ1n) is 5.07. The van der Waals surface area contributed by atoms with Crippen molar-refractivity contribution >= 4 is 11.9 Å². The summed E-state index contributed by atoms with van der Waals surface area (Å²) in [4.78, 5) is 19.8. The lowest BCUT2D eigenvalue weighted by Crippen LogP contribution is -1.94. The van der Waals surface area contributed by atoms with E-state index in [1.54, 1.807) is 13.0 Å². The Morgan fingerprint density at radius 3 is 1.87 bits per heavy atom. The molecule has 0 radical (unpaired) electrons. The topological polar surface area (TPSA) is 74.6 Å². The van der Waals surface area contributed by atoms with Crippen LogP contribution in [0.25, 0.3) is 0 Å². The first-order valence-corrected chi connectivity index (χ1v) is 5.07. The summed E-state index contributed by atoms with van der Waals surface area (Å²) < 4.78 is 0.